The molecule has 1 aliphatic carbocycles. The SMILES string of the molecule is C=C/C(=N\OC)NC(=O)C(CC1CCCC1)n1cc(C(F)(F)F)ccc1=O. The highest BCUT2D eigenvalue weighted by atomic mass is 19.4. The highest BCUT2D eigenvalue weighted by Crippen LogP contribution is 2.33. The molecule has 1 aromatic heterocycles. The van der Waals surface area contributed by atoms with Gasteiger partial charge in [0.1, 0.15) is 13.2 Å². The summed E-state index contributed by atoms with van der Waals surface area (Å²) < 4.78 is 40.1. The molecule has 2 rings (SSSR count). The molecule has 0 bridgehead atoms. The van der Waals surface area contributed by atoms with Crippen molar-refractivity contribution in [3.05, 3.63) is 46.9 Å². The summed E-state index contributed by atoms with van der Waals surface area (Å²) >= 11 is 0. The molecule has 0 radical (unpaired) electrons. The maximum atomic E-state index is 13.1. The van der Waals surface area contributed by atoms with Crippen molar-refractivity contribution in [3.8, 4) is 0 Å². The van der Waals surface area contributed by atoms with Crippen molar-refractivity contribution in [1.82, 2.24) is 9.88 Å². The average Bonchev–Trinajstić information content (AvgIpc) is 3.12. The normalized spacial score (nSPS) is 16.8. The highest BCUT2D eigenvalue weighted by molar-refractivity contribution is 6.04. The fourth-order valence-electron chi connectivity index (χ4n) is 3.24. The summed E-state index contributed by atoms with van der Waals surface area (Å²) in [4.78, 5) is 29.6. The minimum Gasteiger partial charge on any atom is -0.397 e. The lowest BCUT2D eigenvalue weighted by Crippen LogP contribution is -2.40. The Morgan fingerprint density at radius 3 is 2.67 bits per heavy atom. The van der Waals surface area contributed by atoms with Gasteiger partial charge in [-0.3, -0.25) is 9.59 Å². The molecule has 0 aromatic carbocycles. The van der Waals surface area contributed by atoms with Crippen molar-refractivity contribution in [1.29, 1.82) is 0 Å². The van der Waals surface area contributed by atoms with E-state index in [0.717, 1.165) is 36.3 Å². The van der Waals surface area contributed by atoms with Crippen LogP contribution in [0.25, 0.3) is 0 Å². The van der Waals surface area contributed by atoms with Crippen molar-refractivity contribution in [3.63, 3.8) is 0 Å². The van der Waals surface area contributed by atoms with Gasteiger partial charge in [-0.05, 0) is 24.5 Å². The van der Waals surface area contributed by atoms with Crippen molar-refractivity contribution < 1.29 is 22.8 Å². The molecule has 9 heteroatoms. The maximum Gasteiger partial charge on any atom is 0.417 e. The van der Waals surface area contributed by atoms with E-state index < -0.39 is 29.2 Å². The zero-order valence-corrected chi connectivity index (χ0v) is 15.0. The first-order valence-electron chi connectivity index (χ1n) is 8.60. The zero-order chi connectivity index (χ0) is 20.0. The standard InChI is InChI=1S/C18H22F3N3O3/c1-3-15(23-27-2)22-17(26)14(10-12-6-4-5-7-12)24-11-13(18(19,20)21)8-9-16(24)25/h3,8-9,11-12,14H,1,4-7,10H2,2H3,(H,22,23,26). The lowest BCUT2D eigenvalue weighted by molar-refractivity contribution is -0.138. The number of hydrogen-bond acceptors (Lipinski definition) is 4. The smallest absolute Gasteiger partial charge is 0.397 e. The third kappa shape index (κ3) is 5.45. The second kappa shape index (κ2) is 8.88. The van der Waals surface area contributed by atoms with Crippen LogP contribution >= 0.6 is 0 Å². The summed E-state index contributed by atoms with van der Waals surface area (Å²) in [6, 6.07) is 0.449. The first-order valence-corrected chi connectivity index (χ1v) is 8.60. The van der Waals surface area contributed by atoms with Crippen molar-refractivity contribution in [2.45, 2.75) is 44.3 Å². The van der Waals surface area contributed by atoms with Gasteiger partial charge < -0.3 is 14.7 Å². The second-order valence-electron chi connectivity index (χ2n) is 6.42. The largest absolute Gasteiger partial charge is 0.417 e. The minimum absolute atomic E-state index is 0.0129. The number of rotatable bonds is 6. The summed E-state index contributed by atoms with van der Waals surface area (Å²) in [6.45, 7) is 3.49. The fraction of sp³-hybridized carbons (Fsp3) is 0.500. The Labute approximate surface area is 154 Å². The van der Waals surface area contributed by atoms with E-state index in [1.165, 1.54) is 13.2 Å². The number of hydrogen-bond donors (Lipinski definition) is 1. The van der Waals surface area contributed by atoms with Crippen LogP contribution in [0, 0.1) is 5.92 Å². The first kappa shape index (κ1) is 20.7. The summed E-state index contributed by atoms with van der Waals surface area (Å²) in [7, 11) is 1.28. The number of halogens is 3. The van der Waals surface area contributed by atoms with Crippen molar-refractivity contribution in [2.24, 2.45) is 11.1 Å². The number of nitrogens with one attached hydrogen (secondary N) is 1. The van der Waals surface area contributed by atoms with Crippen LogP contribution in [-0.2, 0) is 15.8 Å². The van der Waals surface area contributed by atoms with Gasteiger partial charge in [0.25, 0.3) is 5.56 Å². The van der Waals surface area contributed by atoms with Crippen LogP contribution in [0.2, 0.25) is 0 Å². The molecule has 1 amide bonds. The Balaban J connectivity index is 2.40. The summed E-state index contributed by atoms with van der Waals surface area (Å²) in [5.41, 5.74) is -1.66. The van der Waals surface area contributed by atoms with Crippen LogP contribution in [0.15, 0.2) is 40.9 Å². The van der Waals surface area contributed by atoms with Crippen molar-refractivity contribution >= 4 is 11.7 Å². The maximum absolute atomic E-state index is 13.1. The number of aromatic nitrogens is 1. The molecule has 1 saturated carbocycles. The monoisotopic (exact) mass is 385 g/mol. The van der Waals surface area contributed by atoms with E-state index >= 15 is 0 Å². The first-order chi connectivity index (χ1) is 12.8. The van der Waals surface area contributed by atoms with Gasteiger partial charge in [-0.25, -0.2) is 0 Å². The van der Waals surface area contributed by atoms with Gasteiger partial charge in [0.05, 0.1) is 5.56 Å². The Morgan fingerprint density at radius 2 is 2.11 bits per heavy atom. The number of oxime groups is 1. The second-order valence-corrected chi connectivity index (χ2v) is 6.42. The van der Waals surface area contributed by atoms with E-state index in [9.17, 15) is 22.8 Å². The molecule has 0 spiro atoms. The highest BCUT2D eigenvalue weighted by Gasteiger charge is 2.33. The van der Waals surface area contributed by atoms with Crippen LogP contribution in [-0.4, -0.2) is 23.4 Å². The average molecular weight is 385 g/mol. The van der Waals surface area contributed by atoms with Gasteiger partial charge in [-0.15, -0.1) is 0 Å². The van der Waals surface area contributed by atoms with Gasteiger partial charge in [0, 0.05) is 12.3 Å². The van der Waals surface area contributed by atoms with Crippen LogP contribution in [0.3, 0.4) is 0 Å². The third-order valence-corrected chi connectivity index (χ3v) is 4.57. The molecule has 1 aromatic rings. The molecular weight excluding hydrogens is 363 g/mol. The van der Waals surface area contributed by atoms with Crippen LogP contribution in [0.5, 0.6) is 0 Å². The van der Waals surface area contributed by atoms with Crippen LogP contribution in [0.4, 0.5) is 13.2 Å². The fourth-order valence-corrected chi connectivity index (χ4v) is 3.24. The summed E-state index contributed by atoms with van der Waals surface area (Å²) in [5.74, 6) is -0.466. The van der Waals surface area contributed by atoms with Gasteiger partial charge in [-0.1, -0.05) is 37.4 Å². The van der Waals surface area contributed by atoms with E-state index in [0.29, 0.717) is 12.3 Å². The van der Waals surface area contributed by atoms with E-state index in [2.05, 4.69) is 21.9 Å². The topological polar surface area (TPSA) is 72.7 Å². The predicted octanol–water partition coefficient (Wildman–Crippen LogP) is 3.25. The summed E-state index contributed by atoms with van der Waals surface area (Å²) in [5, 5.41) is 6.02. The molecule has 148 valence electrons. The van der Waals surface area contributed by atoms with Crippen molar-refractivity contribution in [2.75, 3.05) is 7.11 Å². The molecular formula is C18H22F3N3O3. The Morgan fingerprint density at radius 1 is 1.44 bits per heavy atom. The van der Waals surface area contributed by atoms with Gasteiger partial charge in [0.2, 0.25) is 5.91 Å². The number of carbonyl (C=O) groups excluding carboxylic acids is 1. The van der Waals surface area contributed by atoms with Crippen LogP contribution in [0.1, 0.15) is 43.7 Å². The molecule has 1 fully saturated rings. The Kier molecular flexibility index (Phi) is 6.81. The molecule has 1 atom stereocenters. The molecule has 1 heterocycles. The number of amides is 1. The van der Waals surface area contributed by atoms with E-state index in [-0.39, 0.29) is 18.2 Å². The number of amidine groups is 1. The lowest BCUT2D eigenvalue weighted by Gasteiger charge is -2.23. The predicted molar refractivity (Wildman–Crippen MR) is 94.1 cm³/mol. The number of pyridine rings is 1. The molecule has 0 aliphatic heterocycles. The van der Waals surface area contributed by atoms with Gasteiger partial charge in [0.15, 0.2) is 5.84 Å². The number of carbonyl (C=O) groups is 1. The minimum atomic E-state index is -4.62. The lowest BCUT2D eigenvalue weighted by atomic mass is 9.97. The molecule has 0 saturated heterocycles. The van der Waals surface area contributed by atoms with E-state index in [4.69, 9.17) is 0 Å². The molecule has 27 heavy (non-hydrogen) atoms. The quantitative estimate of drug-likeness (QED) is 0.464. The number of alkyl halides is 3. The molecule has 1 unspecified atom stereocenters. The Hall–Kier alpha value is -2.58. The summed E-state index contributed by atoms with van der Waals surface area (Å²) in [6.07, 6.45) is 1.33. The molecule has 1 N–H and O–H groups in total. The Bertz CT molecular complexity index is 765. The molecule has 1 aliphatic rings. The van der Waals surface area contributed by atoms with Gasteiger partial charge >= 0.3 is 6.18 Å². The van der Waals surface area contributed by atoms with E-state index in [1.807, 2.05) is 0 Å². The molecule has 6 nitrogen and oxygen atoms in total. The van der Waals surface area contributed by atoms with E-state index in [1.54, 1.807) is 0 Å². The van der Waals surface area contributed by atoms with Crippen LogP contribution < -0.4 is 10.9 Å². The zero-order valence-electron chi connectivity index (χ0n) is 15.0. The third-order valence-electron chi connectivity index (χ3n) is 4.57. The van der Waals surface area contributed by atoms with Gasteiger partial charge in [-0.2, -0.15) is 13.2 Å². The number of nitrogens with zero attached hydrogens (tertiary/aromatic N) is 2.